The number of nitrogens with zero attached hydrogens (tertiary/aromatic N) is 3. The highest BCUT2D eigenvalue weighted by molar-refractivity contribution is 6.01. The van der Waals surface area contributed by atoms with Gasteiger partial charge in [0.15, 0.2) is 5.84 Å². The van der Waals surface area contributed by atoms with Gasteiger partial charge in [-0.25, -0.2) is 4.99 Å². The van der Waals surface area contributed by atoms with Crippen LogP contribution in [-0.2, 0) is 4.79 Å². The van der Waals surface area contributed by atoms with Crippen LogP contribution in [0.4, 0.5) is 0 Å². The van der Waals surface area contributed by atoms with Crippen LogP contribution in [0.5, 0.6) is 0 Å². The van der Waals surface area contributed by atoms with Crippen LogP contribution in [0, 0.1) is 5.92 Å². The minimum absolute atomic E-state index is 0.0214. The summed E-state index contributed by atoms with van der Waals surface area (Å²) < 4.78 is 0. The number of amidine groups is 1. The van der Waals surface area contributed by atoms with Crippen LogP contribution in [0.3, 0.4) is 0 Å². The van der Waals surface area contributed by atoms with Gasteiger partial charge in [-0.3, -0.25) is 9.79 Å². The van der Waals surface area contributed by atoms with Crippen LogP contribution < -0.4 is 5.32 Å². The number of hydrogen-bond donors (Lipinski definition) is 1. The molecule has 2 rings (SSSR count). The maximum atomic E-state index is 12.0. The Morgan fingerprint density at radius 1 is 1.42 bits per heavy atom. The van der Waals surface area contributed by atoms with Crippen LogP contribution >= 0.6 is 0 Å². The number of carbonyl (C=O) groups is 1. The summed E-state index contributed by atoms with van der Waals surface area (Å²) in [6.45, 7) is 13.6. The van der Waals surface area contributed by atoms with Crippen LogP contribution in [0.15, 0.2) is 33.5 Å². The van der Waals surface area contributed by atoms with Crippen molar-refractivity contribution in [3.63, 3.8) is 0 Å². The van der Waals surface area contributed by atoms with Gasteiger partial charge in [0.05, 0.1) is 0 Å². The molecule has 2 fully saturated rings. The van der Waals surface area contributed by atoms with Crippen molar-refractivity contribution in [3.05, 3.63) is 23.5 Å². The van der Waals surface area contributed by atoms with Gasteiger partial charge in [0, 0.05) is 42.5 Å². The van der Waals surface area contributed by atoms with Crippen molar-refractivity contribution in [2.45, 2.75) is 71.8 Å². The second-order valence-corrected chi connectivity index (χ2v) is 7.89. The molecule has 0 aromatic carbocycles. The summed E-state index contributed by atoms with van der Waals surface area (Å²) in [4.78, 5) is 22.9. The number of carbonyl (C=O) groups excluding carboxylic acids is 1. The maximum Gasteiger partial charge on any atom is 0.223 e. The molecular formula is C21H34N4O. The first-order chi connectivity index (χ1) is 12.4. The molecule has 1 aliphatic carbocycles. The van der Waals surface area contributed by atoms with Crippen molar-refractivity contribution in [1.82, 2.24) is 10.2 Å². The molecule has 0 bridgehead atoms. The van der Waals surface area contributed by atoms with Gasteiger partial charge in [-0.2, -0.15) is 0 Å². The van der Waals surface area contributed by atoms with E-state index in [0.29, 0.717) is 18.9 Å². The summed E-state index contributed by atoms with van der Waals surface area (Å²) in [6, 6.07) is 0. The second-order valence-electron chi connectivity index (χ2n) is 7.89. The SMILES string of the molecule is C=NC(=NCCCN1C(=O)CCC1(C)C)/C(=C\N/C(C)=C/CC)C1CC1. The van der Waals surface area contributed by atoms with E-state index in [-0.39, 0.29) is 11.4 Å². The minimum Gasteiger partial charge on any atom is -0.365 e. The monoisotopic (exact) mass is 358 g/mol. The highest BCUT2D eigenvalue weighted by atomic mass is 16.2. The van der Waals surface area contributed by atoms with Crippen LogP contribution in [0.2, 0.25) is 0 Å². The Kier molecular flexibility index (Phi) is 7.18. The van der Waals surface area contributed by atoms with Crippen molar-refractivity contribution < 1.29 is 4.79 Å². The van der Waals surface area contributed by atoms with E-state index >= 15 is 0 Å². The Morgan fingerprint density at radius 3 is 2.69 bits per heavy atom. The molecule has 1 amide bonds. The van der Waals surface area contributed by atoms with Crippen molar-refractivity contribution in [2.24, 2.45) is 15.9 Å². The standard InChI is InChI=1S/C21H34N4O/c1-6-8-16(2)24-15-18(17-9-10-17)20(22-5)23-13-7-14-25-19(26)11-12-21(25,3)4/h8,15,17,24H,5-7,9-14H2,1-4H3/b16-8+,18-15-,23-20?. The summed E-state index contributed by atoms with van der Waals surface area (Å²) in [5.74, 6) is 1.55. The molecule has 5 nitrogen and oxygen atoms in total. The van der Waals surface area contributed by atoms with E-state index in [1.807, 2.05) is 11.1 Å². The maximum absolute atomic E-state index is 12.0. The Morgan fingerprint density at radius 2 is 2.15 bits per heavy atom. The van der Waals surface area contributed by atoms with Gasteiger partial charge < -0.3 is 10.2 Å². The first-order valence-electron chi connectivity index (χ1n) is 9.84. The Balaban J connectivity index is 1.95. The third-order valence-corrected chi connectivity index (χ3v) is 5.17. The average Bonchev–Trinajstić information content (AvgIpc) is 3.39. The summed E-state index contributed by atoms with van der Waals surface area (Å²) in [6.07, 6.45) is 10.1. The predicted octanol–water partition coefficient (Wildman–Crippen LogP) is 4.07. The number of nitrogens with one attached hydrogen (secondary N) is 1. The summed E-state index contributed by atoms with van der Waals surface area (Å²) in [7, 11) is 0. The zero-order chi connectivity index (χ0) is 19.2. The molecule has 1 heterocycles. The number of amides is 1. The molecule has 0 radical (unpaired) electrons. The zero-order valence-corrected chi connectivity index (χ0v) is 16.8. The summed E-state index contributed by atoms with van der Waals surface area (Å²) in [5.41, 5.74) is 2.28. The molecule has 1 N–H and O–H groups in total. The van der Waals surface area contributed by atoms with Crippen molar-refractivity contribution >= 4 is 18.5 Å². The van der Waals surface area contributed by atoms with E-state index in [1.165, 1.54) is 12.8 Å². The quantitative estimate of drug-likeness (QED) is 0.384. The zero-order valence-electron chi connectivity index (χ0n) is 16.8. The van der Waals surface area contributed by atoms with Gasteiger partial charge in [0.2, 0.25) is 5.91 Å². The lowest BCUT2D eigenvalue weighted by atomic mass is 10.0. The largest absolute Gasteiger partial charge is 0.365 e. The number of allylic oxidation sites excluding steroid dienone is 2. The van der Waals surface area contributed by atoms with Crippen LogP contribution in [0.1, 0.15) is 66.2 Å². The Hall–Kier alpha value is -1.91. The van der Waals surface area contributed by atoms with Crippen molar-refractivity contribution in [2.75, 3.05) is 13.1 Å². The third-order valence-electron chi connectivity index (χ3n) is 5.17. The van der Waals surface area contributed by atoms with E-state index in [9.17, 15) is 4.79 Å². The number of likely N-dealkylation sites (tertiary alicyclic amines) is 1. The first-order valence-corrected chi connectivity index (χ1v) is 9.84. The lowest BCUT2D eigenvalue weighted by molar-refractivity contribution is -0.130. The highest BCUT2D eigenvalue weighted by Gasteiger charge is 2.36. The van der Waals surface area contributed by atoms with Gasteiger partial charge in [-0.15, -0.1) is 0 Å². The van der Waals surface area contributed by atoms with Gasteiger partial charge in [0.25, 0.3) is 0 Å². The first kappa shape index (κ1) is 20.4. The third kappa shape index (κ3) is 5.55. The predicted molar refractivity (Wildman–Crippen MR) is 109 cm³/mol. The number of rotatable bonds is 9. The molecule has 1 saturated carbocycles. The molecule has 1 aliphatic heterocycles. The summed E-state index contributed by atoms with van der Waals surface area (Å²) >= 11 is 0. The molecule has 144 valence electrons. The molecule has 1 saturated heterocycles. The Labute approximate surface area is 158 Å². The fourth-order valence-electron chi connectivity index (χ4n) is 3.41. The van der Waals surface area contributed by atoms with E-state index in [4.69, 9.17) is 0 Å². The minimum atomic E-state index is -0.0214. The van der Waals surface area contributed by atoms with E-state index in [2.05, 4.69) is 55.8 Å². The normalized spacial score (nSPS) is 21.3. The fourth-order valence-corrected chi connectivity index (χ4v) is 3.41. The summed E-state index contributed by atoms with van der Waals surface area (Å²) in [5, 5.41) is 3.35. The molecular weight excluding hydrogens is 324 g/mol. The fraction of sp³-hybridized carbons (Fsp3) is 0.667. The smallest absolute Gasteiger partial charge is 0.223 e. The molecule has 5 heteroatoms. The lowest BCUT2D eigenvalue weighted by Gasteiger charge is -2.31. The Bertz CT molecular complexity index is 612. The van der Waals surface area contributed by atoms with E-state index in [0.717, 1.165) is 42.9 Å². The van der Waals surface area contributed by atoms with Gasteiger partial charge in [-0.1, -0.05) is 13.0 Å². The van der Waals surface area contributed by atoms with Gasteiger partial charge >= 0.3 is 0 Å². The van der Waals surface area contributed by atoms with Crippen LogP contribution in [-0.4, -0.2) is 42.0 Å². The molecule has 0 aromatic rings. The highest BCUT2D eigenvalue weighted by Crippen LogP contribution is 2.37. The topological polar surface area (TPSA) is 57.1 Å². The molecule has 0 unspecified atom stereocenters. The van der Waals surface area contributed by atoms with Crippen LogP contribution in [0.25, 0.3) is 0 Å². The van der Waals surface area contributed by atoms with Gasteiger partial charge in [0.1, 0.15) is 0 Å². The molecule has 2 aliphatic rings. The molecule has 0 aromatic heterocycles. The molecule has 26 heavy (non-hydrogen) atoms. The van der Waals surface area contributed by atoms with Crippen molar-refractivity contribution in [3.8, 4) is 0 Å². The molecule has 0 atom stereocenters. The second kappa shape index (κ2) is 9.15. The van der Waals surface area contributed by atoms with E-state index < -0.39 is 0 Å². The van der Waals surface area contributed by atoms with E-state index in [1.54, 1.807) is 0 Å². The van der Waals surface area contributed by atoms with Gasteiger partial charge in [-0.05, 0) is 65.5 Å². The lowest BCUT2D eigenvalue weighted by Crippen LogP contribution is -2.41. The van der Waals surface area contributed by atoms with Crippen molar-refractivity contribution in [1.29, 1.82) is 0 Å². The number of hydrogen-bond acceptors (Lipinski definition) is 3. The average molecular weight is 359 g/mol. The molecule has 0 spiro atoms. The number of aliphatic imine (C=N–C) groups is 2.